The summed E-state index contributed by atoms with van der Waals surface area (Å²) in [4.78, 5) is 2.57. The normalized spacial score (nSPS) is 11.4. The van der Waals surface area contributed by atoms with Gasteiger partial charge >= 0.3 is 0 Å². The summed E-state index contributed by atoms with van der Waals surface area (Å²) in [6.07, 6.45) is 8.08. The molecule has 0 saturated heterocycles. The van der Waals surface area contributed by atoms with Crippen LogP contribution in [0.15, 0.2) is 16.7 Å². The molecule has 0 unspecified atom stereocenters. The summed E-state index contributed by atoms with van der Waals surface area (Å²) in [5.74, 6) is 1.11. The Labute approximate surface area is 124 Å². The van der Waals surface area contributed by atoms with Gasteiger partial charge in [-0.25, -0.2) is 0 Å². The Morgan fingerprint density at radius 2 is 1.75 bits per heavy atom. The van der Waals surface area contributed by atoms with E-state index in [4.69, 9.17) is 4.42 Å². The minimum atomic E-state index is 0.853. The van der Waals surface area contributed by atoms with Crippen LogP contribution >= 0.6 is 0 Å². The van der Waals surface area contributed by atoms with Crippen molar-refractivity contribution in [3.05, 3.63) is 23.7 Å². The van der Waals surface area contributed by atoms with Crippen molar-refractivity contribution in [2.24, 2.45) is 0 Å². The Hall–Kier alpha value is -0.800. The third-order valence-corrected chi connectivity index (χ3v) is 3.60. The number of nitrogens with one attached hydrogen (secondary N) is 1. The first-order chi connectivity index (χ1) is 9.81. The Balaban J connectivity index is 2.50. The standard InChI is InChI=1S/C17H32N2O/c1-4-7-11-19(12-8-5-2)15-16-9-13-20-17(16)14-18-10-6-3/h9,13,18H,4-8,10-12,14-15H2,1-3H3. The molecule has 0 atom stereocenters. The first-order valence-corrected chi connectivity index (χ1v) is 8.30. The van der Waals surface area contributed by atoms with E-state index in [1.54, 1.807) is 0 Å². The summed E-state index contributed by atoms with van der Waals surface area (Å²) < 4.78 is 5.63. The minimum Gasteiger partial charge on any atom is -0.468 e. The van der Waals surface area contributed by atoms with Gasteiger partial charge in [-0.2, -0.15) is 0 Å². The fraction of sp³-hybridized carbons (Fsp3) is 0.765. The highest BCUT2D eigenvalue weighted by molar-refractivity contribution is 5.16. The van der Waals surface area contributed by atoms with E-state index in [-0.39, 0.29) is 0 Å². The first-order valence-electron chi connectivity index (χ1n) is 8.30. The van der Waals surface area contributed by atoms with Gasteiger partial charge in [-0.15, -0.1) is 0 Å². The summed E-state index contributed by atoms with van der Waals surface area (Å²) in [6.45, 7) is 12.0. The maximum Gasteiger partial charge on any atom is 0.122 e. The summed E-state index contributed by atoms with van der Waals surface area (Å²) in [7, 11) is 0. The Morgan fingerprint density at radius 1 is 1.05 bits per heavy atom. The molecule has 0 aromatic carbocycles. The SMILES string of the molecule is CCCCN(CCCC)Cc1ccoc1CNCCC. The van der Waals surface area contributed by atoms with Crippen LogP contribution in [0.3, 0.4) is 0 Å². The first kappa shape index (κ1) is 17.3. The molecule has 116 valence electrons. The predicted molar refractivity (Wildman–Crippen MR) is 85.8 cm³/mol. The molecule has 0 amide bonds. The summed E-state index contributed by atoms with van der Waals surface area (Å²) >= 11 is 0. The molecule has 0 aliphatic rings. The molecule has 0 saturated carbocycles. The van der Waals surface area contributed by atoms with E-state index in [2.05, 4.69) is 37.1 Å². The number of rotatable bonds is 12. The van der Waals surface area contributed by atoms with E-state index in [0.717, 1.165) is 31.8 Å². The lowest BCUT2D eigenvalue weighted by molar-refractivity contribution is 0.255. The Bertz CT molecular complexity index is 327. The van der Waals surface area contributed by atoms with E-state index in [1.165, 1.54) is 44.3 Å². The van der Waals surface area contributed by atoms with Gasteiger partial charge in [0.25, 0.3) is 0 Å². The molecule has 0 bridgehead atoms. The van der Waals surface area contributed by atoms with E-state index < -0.39 is 0 Å². The monoisotopic (exact) mass is 280 g/mol. The van der Waals surface area contributed by atoms with Crippen molar-refractivity contribution in [1.82, 2.24) is 10.2 Å². The van der Waals surface area contributed by atoms with E-state index in [0.29, 0.717) is 0 Å². The van der Waals surface area contributed by atoms with E-state index in [1.807, 2.05) is 6.26 Å². The molecule has 0 spiro atoms. The topological polar surface area (TPSA) is 28.4 Å². The van der Waals surface area contributed by atoms with Crippen molar-refractivity contribution >= 4 is 0 Å². The van der Waals surface area contributed by atoms with E-state index in [9.17, 15) is 0 Å². The van der Waals surface area contributed by atoms with Crippen LogP contribution in [0, 0.1) is 0 Å². The van der Waals surface area contributed by atoms with Gasteiger partial charge in [0.2, 0.25) is 0 Å². The molecule has 3 heteroatoms. The quantitative estimate of drug-likeness (QED) is 0.582. The van der Waals surface area contributed by atoms with Crippen molar-refractivity contribution in [1.29, 1.82) is 0 Å². The number of furan rings is 1. The number of hydrogen-bond donors (Lipinski definition) is 1. The molecule has 1 rings (SSSR count). The zero-order valence-corrected chi connectivity index (χ0v) is 13.6. The predicted octanol–water partition coefficient (Wildman–Crippen LogP) is 4.18. The summed E-state index contributed by atoms with van der Waals surface area (Å²) in [5.41, 5.74) is 1.35. The van der Waals surface area contributed by atoms with Gasteiger partial charge in [-0.1, -0.05) is 33.6 Å². The highest BCUT2D eigenvalue weighted by Crippen LogP contribution is 2.14. The van der Waals surface area contributed by atoms with Crippen LogP contribution in [0.1, 0.15) is 64.2 Å². The van der Waals surface area contributed by atoms with Gasteiger partial charge in [0.15, 0.2) is 0 Å². The van der Waals surface area contributed by atoms with Gasteiger partial charge in [-0.05, 0) is 45.0 Å². The van der Waals surface area contributed by atoms with Crippen molar-refractivity contribution in [2.45, 2.75) is 66.0 Å². The molecule has 0 fully saturated rings. The average Bonchev–Trinajstić information content (AvgIpc) is 2.89. The van der Waals surface area contributed by atoms with Gasteiger partial charge in [0, 0.05) is 12.1 Å². The van der Waals surface area contributed by atoms with Crippen molar-refractivity contribution in [3.63, 3.8) is 0 Å². The lowest BCUT2D eigenvalue weighted by Crippen LogP contribution is -2.26. The molecule has 0 radical (unpaired) electrons. The Kier molecular flexibility index (Phi) is 9.42. The third-order valence-electron chi connectivity index (χ3n) is 3.60. The molecule has 1 aromatic rings. The van der Waals surface area contributed by atoms with Crippen LogP contribution in [-0.2, 0) is 13.1 Å². The van der Waals surface area contributed by atoms with Crippen molar-refractivity contribution in [3.8, 4) is 0 Å². The molecule has 1 N–H and O–H groups in total. The summed E-state index contributed by atoms with van der Waals surface area (Å²) in [5, 5.41) is 3.43. The number of hydrogen-bond acceptors (Lipinski definition) is 3. The second kappa shape index (κ2) is 10.9. The van der Waals surface area contributed by atoms with Gasteiger partial charge in [0.05, 0.1) is 12.8 Å². The molecule has 20 heavy (non-hydrogen) atoms. The molecule has 0 aliphatic carbocycles. The zero-order chi connectivity index (χ0) is 14.6. The molecule has 3 nitrogen and oxygen atoms in total. The van der Waals surface area contributed by atoms with Crippen LogP contribution < -0.4 is 5.32 Å². The third kappa shape index (κ3) is 6.58. The highest BCUT2D eigenvalue weighted by Gasteiger charge is 2.11. The fourth-order valence-electron chi connectivity index (χ4n) is 2.32. The largest absolute Gasteiger partial charge is 0.468 e. The minimum absolute atomic E-state index is 0.853. The molecular weight excluding hydrogens is 248 g/mol. The smallest absolute Gasteiger partial charge is 0.122 e. The Morgan fingerprint density at radius 3 is 2.35 bits per heavy atom. The van der Waals surface area contributed by atoms with Crippen LogP contribution in [0.25, 0.3) is 0 Å². The lowest BCUT2D eigenvalue weighted by Gasteiger charge is -2.21. The van der Waals surface area contributed by atoms with Gasteiger partial charge in [0.1, 0.15) is 5.76 Å². The van der Waals surface area contributed by atoms with Crippen molar-refractivity contribution in [2.75, 3.05) is 19.6 Å². The van der Waals surface area contributed by atoms with Crippen LogP contribution in [0.4, 0.5) is 0 Å². The average molecular weight is 280 g/mol. The second-order valence-corrected chi connectivity index (χ2v) is 5.53. The fourth-order valence-corrected chi connectivity index (χ4v) is 2.32. The van der Waals surface area contributed by atoms with Crippen LogP contribution in [-0.4, -0.2) is 24.5 Å². The maximum absolute atomic E-state index is 5.63. The van der Waals surface area contributed by atoms with Crippen molar-refractivity contribution < 1.29 is 4.42 Å². The van der Waals surface area contributed by atoms with Crippen LogP contribution in [0.2, 0.25) is 0 Å². The highest BCUT2D eigenvalue weighted by atomic mass is 16.3. The molecular formula is C17H32N2O. The number of nitrogens with zero attached hydrogens (tertiary/aromatic N) is 1. The van der Waals surface area contributed by atoms with Gasteiger partial charge < -0.3 is 9.73 Å². The second-order valence-electron chi connectivity index (χ2n) is 5.53. The van der Waals surface area contributed by atoms with Gasteiger partial charge in [-0.3, -0.25) is 4.90 Å². The van der Waals surface area contributed by atoms with Crippen LogP contribution in [0.5, 0.6) is 0 Å². The molecule has 1 heterocycles. The molecule has 1 aromatic heterocycles. The lowest BCUT2D eigenvalue weighted by atomic mass is 10.2. The van der Waals surface area contributed by atoms with E-state index >= 15 is 0 Å². The molecule has 0 aliphatic heterocycles. The summed E-state index contributed by atoms with van der Waals surface area (Å²) in [6, 6.07) is 2.13. The zero-order valence-electron chi connectivity index (χ0n) is 13.6. The maximum atomic E-state index is 5.63. The number of unbranched alkanes of at least 4 members (excludes halogenated alkanes) is 2.